The first-order valence-corrected chi connectivity index (χ1v) is 17.6. The van der Waals surface area contributed by atoms with Gasteiger partial charge in [-0.05, 0) is 55.2 Å². The number of nitrogens with zero attached hydrogens (tertiary/aromatic N) is 3. The maximum absolute atomic E-state index is 12.2. The molecule has 56 heavy (non-hydrogen) atoms. The van der Waals surface area contributed by atoms with E-state index < -0.39 is 59.6 Å². The third-order valence-electron chi connectivity index (χ3n) is 10.0. The molecule has 9 amide bonds. The highest BCUT2D eigenvalue weighted by atomic mass is 16.6. The molecule has 6 aliphatic rings. The predicted molar refractivity (Wildman–Crippen MR) is 187 cm³/mol. The fourth-order valence-electron chi connectivity index (χ4n) is 7.26. The van der Waals surface area contributed by atoms with Crippen LogP contribution in [-0.2, 0) is 40.0 Å². The largest absolute Gasteiger partial charge is 0.392 e. The number of hydrogen-bond acceptors (Lipinski definition) is 12. The van der Waals surface area contributed by atoms with Crippen LogP contribution >= 0.6 is 0 Å². The number of carbonyl (C=O) groups excluding carboxylic acids is 11. The standard InChI is InChI=1S/C13H10N2O4.C13H12N2O3.C13H9NO5/c16-10-6-5-9(11(17)14-10)15-12(18)7-3-1-2-4-8(7)13(15)19;16-11-6-5-10(12(17)14-11)15-7-8-3-1-2-4-9(8)13(15)18;15-10-6-5-9(13(18)19-10)14-11(16)7-3-1-2-4-8(7)12(14)17/h1-4,9H,5-6H2,(H,14,16,17);1-4,10H,5-7H2,(H,14,16,17);1-4,9H,5-6H2. The van der Waals surface area contributed by atoms with Crippen LogP contribution in [0.2, 0.25) is 0 Å². The number of rotatable bonds is 3. The van der Waals surface area contributed by atoms with Crippen molar-refractivity contribution in [3.05, 3.63) is 106 Å². The molecule has 0 spiro atoms. The molecule has 6 heterocycles. The number of cyclic esters (lactones) is 2. The summed E-state index contributed by atoms with van der Waals surface area (Å²) >= 11 is 0. The highest BCUT2D eigenvalue weighted by Crippen LogP contribution is 2.30. The van der Waals surface area contributed by atoms with Gasteiger partial charge in [-0.3, -0.25) is 68.4 Å². The van der Waals surface area contributed by atoms with Crippen molar-refractivity contribution in [3.8, 4) is 0 Å². The molecule has 17 nitrogen and oxygen atoms in total. The summed E-state index contributed by atoms with van der Waals surface area (Å²) in [6.07, 6.45) is 1.13. The molecule has 0 aliphatic carbocycles. The monoisotopic (exact) mass is 761 g/mol. The second kappa shape index (κ2) is 14.9. The minimum absolute atomic E-state index is 0.0177. The van der Waals surface area contributed by atoms with Crippen molar-refractivity contribution < 1.29 is 57.5 Å². The molecule has 6 aliphatic heterocycles. The number of ether oxygens (including phenoxy) is 1. The van der Waals surface area contributed by atoms with Gasteiger partial charge in [0.05, 0.1) is 22.3 Å². The number of fused-ring (bicyclic) bond motifs is 3. The molecule has 17 heteroatoms. The molecule has 3 fully saturated rings. The Morgan fingerprint density at radius 3 is 1.32 bits per heavy atom. The Morgan fingerprint density at radius 2 is 0.875 bits per heavy atom. The van der Waals surface area contributed by atoms with E-state index in [1.165, 1.54) is 12.1 Å². The van der Waals surface area contributed by atoms with Crippen LogP contribution in [-0.4, -0.2) is 97.9 Å². The summed E-state index contributed by atoms with van der Waals surface area (Å²) in [5.41, 5.74) is 2.75. The zero-order chi connectivity index (χ0) is 39.8. The van der Waals surface area contributed by atoms with E-state index in [2.05, 4.69) is 15.4 Å². The van der Waals surface area contributed by atoms with Crippen molar-refractivity contribution in [3.63, 3.8) is 0 Å². The summed E-state index contributed by atoms with van der Waals surface area (Å²) in [5, 5.41) is 4.43. The second-order valence-electron chi connectivity index (χ2n) is 13.4. The summed E-state index contributed by atoms with van der Waals surface area (Å²) in [6.45, 7) is 0.446. The molecule has 2 N–H and O–H groups in total. The van der Waals surface area contributed by atoms with E-state index >= 15 is 0 Å². The van der Waals surface area contributed by atoms with Crippen molar-refractivity contribution in [2.45, 2.75) is 63.2 Å². The van der Waals surface area contributed by atoms with Crippen LogP contribution in [0.4, 0.5) is 0 Å². The SMILES string of the molecule is O=C1CCC(N2C(=O)c3ccccc3C2=O)C(=O)N1.O=C1CCC(N2C(=O)c3ccccc3C2=O)C(=O)O1.O=C1CCC(N2Cc3ccccc3C2=O)C(=O)N1. The zero-order valence-electron chi connectivity index (χ0n) is 29.4. The fourth-order valence-corrected chi connectivity index (χ4v) is 7.26. The van der Waals surface area contributed by atoms with Crippen LogP contribution < -0.4 is 10.6 Å². The first kappa shape index (κ1) is 37.2. The molecule has 0 aromatic heterocycles. The molecule has 0 saturated carbocycles. The molecular weight excluding hydrogens is 730 g/mol. The Hall–Kier alpha value is -7.17. The first-order valence-electron chi connectivity index (χ1n) is 17.6. The van der Waals surface area contributed by atoms with Gasteiger partial charge in [-0.25, -0.2) is 4.79 Å². The van der Waals surface area contributed by atoms with E-state index in [4.69, 9.17) is 0 Å². The number of imide groups is 4. The molecule has 0 radical (unpaired) electrons. The third-order valence-corrected chi connectivity index (χ3v) is 10.0. The Labute approximate surface area is 316 Å². The average Bonchev–Trinajstić information content (AvgIpc) is 3.74. The number of hydrogen-bond donors (Lipinski definition) is 2. The number of esters is 2. The Balaban J connectivity index is 0.000000129. The van der Waals surface area contributed by atoms with Crippen molar-refractivity contribution in [2.75, 3.05) is 0 Å². The maximum Gasteiger partial charge on any atom is 0.337 e. The Kier molecular flexibility index (Phi) is 9.90. The summed E-state index contributed by atoms with van der Waals surface area (Å²) in [4.78, 5) is 133. The Bertz CT molecular complexity index is 2120. The minimum Gasteiger partial charge on any atom is -0.392 e. The van der Waals surface area contributed by atoms with Crippen LogP contribution in [0.5, 0.6) is 0 Å². The minimum atomic E-state index is -1.01. The maximum atomic E-state index is 12.2. The highest BCUT2D eigenvalue weighted by Gasteiger charge is 2.46. The Morgan fingerprint density at radius 1 is 0.464 bits per heavy atom. The van der Waals surface area contributed by atoms with E-state index in [-0.39, 0.29) is 66.9 Å². The molecule has 3 aromatic rings. The summed E-state index contributed by atoms with van der Waals surface area (Å²) in [5.74, 6) is -5.18. The number of amides is 9. The van der Waals surface area contributed by atoms with Crippen LogP contribution in [0.1, 0.15) is 95.9 Å². The average molecular weight is 762 g/mol. The first-order chi connectivity index (χ1) is 26.8. The number of piperidine rings is 2. The normalized spacial score (nSPS) is 22.7. The van der Waals surface area contributed by atoms with Gasteiger partial charge in [-0.2, -0.15) is 0 Å². The number of nitrogens with one attached hydrogen (secondary N) is 2. The molecule has 284 valence electrons. The summed E-state index contributed by atoms with van der Waals surface area (Å²) in [7, 11) is 0. The van der Waals surface area contributed by atoms with Crippen molar-refractivity contribution in [2.24, 2.45) is 0 Å². The van der Waals surface area contributed by atoms with Crippen molar-refractivity contribution in [1.82, 2.24) is 25.3 Å². The smallest absolute Gasteiger partial charge is 0.337 e. The molecule has 0 bridgehead atoms. The van der Waals surface area contributed by atoms with Crippen LogP contribution in [0, 0.1) is 0 Å². The van der Waals surface area contributed by atoms with E-state index in [9.17, 15) is 52.7 Å². The lowest BCUT2D eigenvalue weighted by Gasteiger charge is -2.29. The van der Waals surface area contributed by atoms with Gasteiger partial charge in [0, 0.05) is 31.4 Å². The van der Waals surface area contributed by atoms with Gasteiger partial charge < -0.3 is 9.64 Å². The lowest BCUT2D eigenvalue weighted by Crippen LogP contribution is -2.54. The molecule has 3 atom stereocenters. The number of benzene rings is 3. The van der Waals surface area contributed by atoms with Crippen molar-refractivity contribution in [1.29, 1.82) is 0 Å². The van der Waals surface area contributed by atoms with Crippen LogP contribution in [0.3, 0.4) is 0 Å². The summed E-state index contributed by atoms with van der Waals surface area (Å²) in [6, 6.07) is 17.7. The van der Waals surface area contributed by atoms with Gasteiger partial charge in [-0.15, -0.1) is 0 Å². The van der Waals surface area contributed by atoms with Gasteiger partial charge in [0.25, 0.3) is 29.5 Å². The molecule has 9 rings (SSSR count). The molecular formula is C39H31N5O12. The molecule has 3 saturated heterocycles. The van der Waals surface area contributed by atoms with E-state index in [1.807, 2.05) is 18.2 Å². The van der Waals surface area contributed by atoms with Gasteiger partial charge in [0.2, 0.25) is 23.6 Å². The van der Waals surface area contributed by atoms with Crippen LogP contribution in [0.25, 0.3) is 0 Å². The lowest BCUT2D eigenvalue weighted by atomic mass is 10.0. The van der Waals surface area contributed by atoms with Crippen LogP contribution in [0.15, 0.2) is 72.8 Å². The lowest BCUT2D eigenvalue weighted by molar-refractivity contribution is -0.167. The number of carbonyl (C=O) groups is 11. The van der Waals surface area contributed by atoms with Gasteiger partial charge in [-0.1, -0.05) is 42.5 Å². The van der Waals surface area contributed by atoms with Gasteiger partial charge >= 0.3 is 11.9 Å². The summed E-state index contributed by atoms with van der Waals surface area (Å²) < 4.78 is 4.48. The predicted octanol–water partition coefficient (Wildman–Crippen LogP) is 1.05. The van der Waals surface area contributed by atoms with Gasteiger partial charge in [0.15, 0.2) is 0 Å². The third kappa shape index (κ3) is 6.74. The highest BCUT2D eigenvalue weighted by molar-refractivity contribution is 6.24. The van der Waals surface area contributed by atoms with E-state index in [0.29, 0.717) is 29.7 Å². The fraction of sp³-hybridized carbons (Fsp3) is 0.256. The molecule has 3 unspecified atom stereocenters. The van der Waals surface area contributed by atoms with Gasteiger partial charge in [0.1, 0.15) is 18.1 Å². The topological polar surface area (TPSA) is 231 Å². The molecule has 3 aromatic carbocycles. The zero-order valence-corrected chi connectivity index (χ0v) is 29.4. The second-order valence-corrected chi connectivity index (χ2v) is 13.4. The quantitative estimate of drug-likeness (QED) is 0.217. The van der Waals surface area contributed by atoms with E-state index in [1.54, 1.807) is 47.4 Å². The van der Waals surface area contributed by atoms with Crippen molar-refractivity contribution >= 4 is 65.1 Å². The van der Waals surface area contributed by atoms with E-state index in [0.717, 1.165) is 15.4 Å².